The molecule has 1 aliphatic rings. The van der Waals surface area contributed by atoms with Crippen LogP contribution in [0, 0.1) is 0 Å². The van der Waals surface area contributed by atoms with E-state index in [-0.39, 0.29) is 5.56 Å². The number of aryl methyl sites for hydroxylation is 1. The summed E-state index contributed by atoms with van der Waals surface area (Å²) in [6.07, 6.45) is 3.86. The first-order valence-corrected chi connectivity index (χ1v) is 7.06. The topological polar surface area (TPSA) is 76.2 Å². The molecule has 2 aromatic heterocycles. The van der Waals surface area contributed by atoms with E-state index >= 15 is 0 Å². The Hall–Kier alpha value is -1.99. The average Bonchev–Trinajstić information content (AvgIpc) is 2.93. The Morgan fingerprint density at radius 3 is 3.05 bits per heavy atom. The van der Waals surface area contributed by atoms with Crippen molar-refractivity contribution in [1.29, 1.82) is 0 Å². The van der Waals surface area contributed by atoms with Crippen molar-refractivity contribution in [3.8, 4) is 0 Å². The molecule has 112 valence electrons. The Kier molecular flexibility index (Phi) is 3.85. The molecule has 0 spiro atoms. The highest BCUT2D eigenvalue weighted by atomic mass is 16.3. The first-order valence-electron chi connectivity index (χ1n) is 7.06. The van der Waals surface area contributed by atoms with Gasteiger partial charge in [-0.25, -0.2) is 4.68 Å². The summed E-state index contributed by atoms with van der Waals surface area (Å²) in [6, 6.07) is 3.49. The van der Waals surface area contributed by atoms with Crippen LogP contribution in [0.2, 0.25) is 0 Å². The van der Waals surface area contributed by atoms with Gasteiger partial charge in [0.15, 0.2) is 0 Å². The van der Waals surface area contributed by atoms with E-state index in [4.69, 9.17) is 0 Å². The van der Waals surface area contributed by atoms with Crippen molar-refractivity contribution >= 4 is 0 Å². The van der Waals surface area contributed by atoms with Crippen LogP contribution < -0.4 is 5.56 Å². The first kappa shape index (κ1) is 14.0. The Bertz CT molecular complexity index is 664. The normalized spacial score (nSPS) is 16.7. The summed E-state index contributed by atoms with van der Waals surface area (Å²) < 4.78 is 3.10. The minimum absolute atomic E-state index is 0.0901. The summed E-state index contributed by atoms with van der Waals surface area (Å²) in [5.74, 6) is 0. The van der Waals surface area contributed by atoms with E-state index in [2.05, 4.69) is 15.1 Å². The molecule has 3 heterocycles. The number of β-amino-alcohol motifs (C(OH)–C–C–N with tert-alkyl or cyclic N) is 1. The van der Waals surface area contributed by atoms with Gasteiger partial charge in [0.1, 0.15) is 0 Å². The largest absolute Gasteiger partial charge is 0.390 e. The molecule has 0 saturated carbocycles. The van der Waals surface area contributed by atoms with Crippen LogP contribution in [0.25, 0.3) is 0 Å². The second-order valence-electron chi connectivity index (χ2n) is 5.45. The number of aliphatic hydroxyl groups excluding tert-OH is 1. The van der Waals surface area contributed by atoms with Gasteiger partial charge in [-0.1, -0.05) is 0 Å². The fraction of sp³-hybridized carbons (Fsp3) is 0.500. The molecule has 1 N–H and O–H groups in total. The number of aliphatic hydroxyl groups is 1. The van der Waals surface area contributed by atoms with Gasteiger partial charge >= 0.3 is 0 Å². The van der Waals surface area contributed by atoms with Crippen LogP contribution >= 0.6 is 0 Å². The van der Waals surface area contributed by atoms with Gasteiger partial charge in [0.25, 0.3) is 5.56 Å². The van der Waals surface area contributed by atoms with Crippen LogP contribution in [-0.4, -0.2) is 48.8 Å². The maximum Gasteiger partial charge on any atom is 0.266 e. The molecular weight excluding hydrogens is 270 g/mol. The van der Waals surface area contributed by atoms with E-state index in [1.54, 1.807) is 24.0 Å². The minimum Gasteiger partial charge on any atom is -0.390 e. The SMILES string of the molecule is Cn1nc2c(cc1=O)CN(C[C@@H](O)Cn1cccn1)CC2. The van der Waals surface area contributed by atoms with Gasteiger partial charge in [0, 0.05) is 51.6 Å². The first-order chi connectivity index (χ1) is 10.1. The molecule has 0 amide bonds. The van der Waals surface area contributed by atoms with Crippen molar-refractivity contribution < 1.29 is 5.11 Å². The second kappa shape index (κ2) is 5.79. The van der Waals surface area contributed by atoms with Gasteiger partial charge in [0.05, 0.1) is 18.3 Å². The van der Waals surface area contributed by atoms with Gasteiger partial charge in [-0.2, -0.15) is 10.2 Å². The monoisotopic (exact) mass is 289 g/mol. The van der Waals surface area contributed by atoms with Gasteiger partial charge in [-0.05, 0) is 11.6 Å². The Balaban J connectivity index is 1.63. The van der Waals surface area contributed by atoms with Crippen LogP contribution in [0.4, 0.5) is 0 Å². The maximum absolute atomic E-state index is 11.7. The summed E-state index contributed by atoms with van der Waals surface area (Å²) in [4.78, 5) is 13.8. The minimum atomic E-state index is -0.481. The van der Waals surface area contributed by atoms with Crippen LogP contribution in [0.3, 0.4) is 0 Å². The highest BCUT2D eigenvalue weighted by Gasteiger charge is 2.20. The molecule has 7 nitrogen and oxygen atoms in total. The zero-order valence-corrected chi connectivity index (χ0v) is 12.0. The molecule has 0 unspecified atom stereocenters. The van der Waals surface area contributed by atoms with Crippen LogP contribution in [0.15, 0.2) is 29.3 Å². The highest BCUT2D eigenvalue weighted by Crippen LogP contribution is 2.15. The number of rotatable bonds is 4. The molecule has 0 aliphatic carbocycles. The van der Waals surface area contributed by atoms with E-state index in [0.717, 1.165) is 24.2 Å². The van der Waals surface area contributed by atoms with E-state index < -0.39 is 6.10 Å². The summed E-state index contributed by atoms with van der Waals surface area (Å²) in [6.45, 7) is 2.54. The van der Waals surface area contributed by atoms with Crippen molar-refractivity contribution in [1.82, 2.24) is 24.5 Å². The summed E-state index contributed by atoms with van der Waals surface area (Å²) in [5, 5.41) is 18.5. The molecule has 3 rings (SSSR count). The van der Waals surface area contributed by atoms with E-state index in [1.807, 2.05) is 12.3 Å². The Labute approximate surface area is 122 Å². The van der Waals surface area contributed by atoms with Crippen LogP contribution in [0.5, 0.6) is 0 Å². The average molecular weight is 289 g/mol. The number of hydrogen-bond donors (Lipinski definition) is 1. The third-order valence-corrected chi connectivity index (χ3v) is 3.74. The van der Waals surface area contributed by atoms with Crippen molar-refractivity contribution in [2.24, 2.45) is 7.05 Å². The zero-order chi connectivity index (χ0) is 14.8. The van der Waals surface area contributed by atoms with Gasteiger partial charge in [-0.3, -0.25) is 14.4 Å². The highest BCUT2D eigenvalue weighted by molar-refractivity contribution is 5.20. The molecular formula is C14H19N5O2. The van der Waals surface area contributed by atoms with E-state index in [1.165, 1.54) is 4.68 Å². The molecule has 7 heteroatoms. The third-order valence-electron chi connectivity index (χ3n) is 3.74. The zero-order valence-electron chi connectivity index (χ0n) is 12.0. The number of fused-ring (bicyclic) bond motifs is 1. The predicted octanol–water partition coefficient (Wildman–Crippen LogP) is -0.604. The molecule has 0 bridgehead atoms. The lowest BCUT2D eigenvalue weighted by molar-refractivity contribution is 0.0882. The summed E-state index contributed by atoms with van der Waals surface area (Å²) in [5.41, 5.74) is 1.86. The number of hydrogen-bond acceptors (Lipinski definition) is 5. The van der Waals surface area contributed by atoms with Gasteiger partial charge in [-0.15, -0.1) is 0 Å². The molecule has 1 atom stereocenters. The quantitative estimate of drug-likeness (QED) is 0.813. The van der Waals surface area contributed by atoms with Crippen LogP contribution in [0.1, 0.15) is 11.3 Å². The molecule has 21 heavy (non-hydrogen) atoms. The van der Waals surface area contributed by atoms with E-state index in [0.29, 0.717) is 19.6 Å². The Morgan fingerprint density at radius 1 is 1.43 bits per heavy atom. The van der Waals surface area contributed by atoms with Gasteiger partial charge in [0.2, 0.25) is 0 Å². The second-order valence-corrected chi connectivity index (χ2v) is 5.45. The third kappa shape index (κ3) is 3.20. The van der Waals surface area contributed by atoms with Crippen LogP contribution in [-0.2, 0) is 26.6 Å². The molecule has 0 radical (unpaired) electrons. The summed E-state index contributed by atoms with van der Waals surface area (Å²) in [7, 11) is 1.67. The molecule has 0 fully saturated rings. The molecule has 2 aromatic rings. The standard InChI is InChI=1S/C14H19N5O2/c1-17-14(21)7-11-8-18(6-3-13(11)16-17)9-12(20)10-19-5-2-4-15-19/h2,4-5,7,12,20H,3,6,8-10H2,1H3/t12-/m1/s1. The number of nitrogens with zero attached hydrogens (tertiary/aromatic N) is 5. The van der Waals surface area contributed by atoms with Crippen molar-refractivity contribution in [2.75, 3.05) is 13.1 Å². The predicted molar refractivity (Wildman–Crippen MR) is 76.7 cm³/mol. The number of aromatic nitrogens is 4. The maximum atomic E-state index is 11.7. The fourth-order valence-electron chi connectivity index (χ4n) is 2.69. The molecule has 0 aromatic carbocycles. The molecule has 1 aliphatic heterocycles. The van der Waals surface area contributed by atoms with Crippen molar-refractivity contribution in [3.05, 3.63) is 46.1 Å². The lowest BCUT2D eigenvalue weighted by Gasteiger charge is -2.29. The van der Waals surface area contributed by atoms with Gasteiger partial charge < -0.3 is 5.11 Å². The van der Waals surface area contributed by atoms with Crippen molar-refractivity contribution in [2.45, 2.75) is 25.6 Å². The smallest absolute Gasteiger partial charge is 0.266 e. The van der Waals surface area contributed by atoms with E-state index in [9.17, 15) is 9.90 Å². The molecule has 0 saturated heterocycles. The lowest BCUT2D eigenvalue weighted by atomic mass is 10.1. The fourth-order valence-corrected chi connectivity index (χ4v) is 2.69. The Morgan fingerprint density at radius 2 is 2.29 bits per heavy atom. The van der Waals surface area contributed by atoms with Crippen molar-refractivity contribution in [3.63, 3.8) is 0 Å². The summed E-state index contributed by atoms with van der Waals surface area (Å²) >= 11 is 0. The lowest BCUT2D eigenvalue weighted by Crippen LogP contribution is -2.39.